The number of nitrogens with zero attached hydrogens (tertiary/aromatic N) is 3. The number of rotatable bonds is 5. The van der Waals surface area contributed by atoms with Gasteiger partial charge in [-0.2, -0.15) is 0 Å². The molecular formula is C15H24N4O. The highest BCUT2D eigenvalue weighted by molar-refractivity contribution is 5.79. The summed E-state index contributed by atoms with van der Waals surface area (Å²) in [5, 5.41) is 3.15. The molecule has 1 aromatic rings. The number of anilines is 1. The summed E-state index contributed by atoms with van der Waals surface area (Å²) >= 11 is 0. The van der Waals surface area contributed by atoms with E-state index in [4.69, 9.17) is 0 Å². The second kappa shape index (κ2) is 7.22. The summed E-state index contributed by atoms with van der Waals surface area (Å²) in [5.74, 6) is 0.958. The van der Waals surface area contributed by atoms with E-state index >= 15 is 0 Å². The summed E-state index contributed by atoms with van der Waals surface area (Å²) in [6.07, 6.45) is 7.43. The number of carbonyl (C=O) groups excluding carboxylic acids is 1. The van der Waals surface area contributed by atoms with Crippen LogP contribution in [0, 0.1) is 5.92 Å². The molecule has 20 heavy (non-hydrogen) atoms. The van der Waals surface area contributed by atoms with Crippen molar-refractivity contribution in [1.82, 2.24) is 15.3 Å². The van der Waals surface area contributed by atoms with Gasteiger partial charge in [0, 0.05) is 31.5 Å². The minimum Gasteiger partial charge on any atom is -0.353 e. The molecular weight excluding hydrogens is 252 g/mol. The van der Waals surface area contributed by atoms with Crippen LogP contribution in [0.1, 0.15) is 39.5 Å². The van der Waals surface area contributed by atoms with E-state index in [-0.39, 0.29) is 11.8 Å². The van der Waals surface area contributed by atoms with E-state index < -0.39 is 0 Å². The van der Waals surface area contributed by atoms with Gasteiger partial charge in [0.1, 0.15) is 0 Å². The summed E-state index contributed by atoms with van der Waals surface area (Å²) in [4.78, 5) is 23.0. The third-order valence-corrected chi connectivity index (χ3v) is 3.96. The van der Waals surface area contributed by atoms with Crippen LogP contribution in [0.25, 0.3) is 0 Å². The van der Waals surface area contributed by atoms with Gasteiger partial charge in [-0.05, 0) is 31.7 Å². The van der Waals surface area contributed by atoms with Crippen LogP contribution in [0.3, 0.4) is 0 Å². The first kappa shape index (κ1) is 14.8. The first-order valence-corrected chi connectivity index (χ1v) is 7.57. The van der Waals surface area contributed by atoms with Gasteiger partial charge in [0.25, 0.3) is 0 Å². The number of amides is 1. The van der Waals surface area contributed by atoms with E-state index in [0.717, 1.165) is 44.7 Å². The average Bonchev–Trinajstić information content (AvgIpc) is 2.53. The fraction of sp³-hybridized carbons (Fsp3) is 0.667. The molecule has 5 heteroatoms. The van der Waals surface area contributed by atoms with Crippen LogP contribution in [0.5, 0.6) is 0 Å². The quantitative estimate of drug-likeness (QED) is 0.893. The minimum absolute atomic E-state index is 0.0492. The largest absolute Gasteiger partial charge is 0.353 e. The molecule has 0 aliphatic carbocycles. The molecule has 0 saturated carbocycles. The maximum Gasteiger partial charge on any atom is 0.225 e. The van der Waals surface area contributed by atoms with Crippen molar-refractivity contribution in [2.24, 2.45) is 5.92 Å². The zero-order valence-corrected chi connectivity index (χ0v) is 12.4. The van der Waals surface area contributed by atoms with Gasteiger partial charge in [-0.25, -0.2) is 9.97 Å². The molecule has 1 fully saturated rings. The molecule has 1 aliphatic rings. The summed E-state index contributed by atoms with van der Waals surface area (Å²) in [7, 11) is 0. The standard InChI is InChI=1S/C15H24N4O/c1-3-13(4-2)18-14(20)12-7-5-10-19(11-12)15-16-8-6-9-17-15/h6,8-9,12-13H,3-5,7,10-11H2,1-2H3,(H,18,20)/t12-/m0/s1. The predicted octanol–water partition coefficient (Wildman–Crippen LogP) is 2.00. The molecule has 2 heterocycles. The molecule has 1 saturated heterocycles. The maximum absolute atomic E-state index is 12.3. The zero-order valence-electron chi connectivity index (χ0n) is 12.4. The first-order valence-electron chi connectivity index (χ1n) is 7.57. The minimum atomic E-state index is 0.0492. The molecule has 5 nitrogen and oxygen atoms in total. The third kappa shape index (κ3) is 3.68. The summed E-state index contributed by atoms with van der Waals surface area (Å²) in [6, 6.07) is 2.11. The molecule has 0 aromatic carbocycles. The van der Waals surface area contributed by atoms with Crippen LogP contribution in [0.15, 0.2) is 18.5 Å². The van der Waals surface area contributed by atoms with E-state index in [1.54, 1.807) is 12.4 Å². The Labute approximate surface area is 120 Å². The van der Waals surface area contributed by atoms with Crippen molar-refractivity contribution in [1.29, 1.82) is 0 Å². The molecule has 0 bridgehead atoms. The predicted molar refractivity (Wildman–Crippen MR) is 79.5 cm³/mol. The third-order valence-electron chi connectivity index (χ3n) is 3.96. The van der Waals surface area contributed by atoms with Gasteiger partial charge >= 0.3 is 0 Å². The van der Waals surface area contributed by atoms with Gasteiger partial charge in [0.05, 0.1) is 5.92 Å². The van der Waals surface area contributed by atoms with E-state index in [1.165, 1.54) is 0 Å². The highest BCUT2D eigenvalue weighted by Crippen LogP contribution is 2.20. The zero-order chi connectivity index (χ0) is 14.4. The Hall–Kier alpha value is -1.65. The number of nitrogens with one attached hydrogen (secondary N) is 1. The van der Waals surface area contributed by atoms with Crippen molar-refractivity contribution < 1.29 is 4.79 Å². The first-order chi connectivity index (χ1) is 9.74. The van der Waals surface area contributed by atoms with Gasteiger partial charge in [0.15, 0.2) is 0 Å². The molecule has 0 radical (unpaired) electrons. The summed E-state index contributed by atoms with van der Waals surface area (Å²) in [5.41, 5.74) is 0. The van der Waals surface area contributed by atoms with Crippen molar-refractivity contribution in [3.63, 3.8) is 0 Å². The van der Waals surface area contributed by atoms with Crippen LogP contribution in [0.4, 0.5) is 5.95 Å². The van der Waals surface area contributed by atoms with Crippen LogP contribution in [-0.2, 0) is 4.79 Å². The summed E-state index contributed by atoms with van der Waals surface area (Å²) in [6.45, 7) is 5.87. The number of hydrogen-bond acceptors (Lipinski definition) is 4. The lowest BCUT2D eigenvalue weighted by Crippen LogP contribution is -2.46. The molecule has 1 N–H and O–H groups in total. The van der Waals surface area contributed by atoms with Crippen molar-refractivity contribution in [3.8, 4) is 0 Å². The Morgan fingerprint density at radius 3 is 2.75 bits per heavy atom. The van der Waals surface area contributed by atoms with E-state index in [2.05, 4.69) is 34.0 Å². The lowest BCUT2D eigenvalue weighted by molar-refractivity contribution is -0.126. The lowest BCUT2D eigenvalue weighted by Gasteiger charge is -2.32. The topological polar surface area (TPSA) is 58.1 Å². The smallest absolute Gasteiger partial charge is 0.225 e. The maximum atomic E-state index is 12.3. The molecule has 0 unspecified atom stereocenters. The Kier molecular flexibility index (Phi) is 5.32. The van der Waals surface area contributed by atoms with Crippen molar-refractivity contribution in [2.45, 2.75) is 45.6 Å². The second-order valence-electron chi connectivity index (χ2n) is 5.36. The van der Waals surface area contributed by atoms with Gasteiger partial charge in [0.2, 0.25) is 11.9 Å². The highest BCUT2D eigenvalue weighted by atomic mass is 16.2. The fourth-order valence-electron chi connectivity index (χ4n) is 2.64. The van der Waals surface area contributed by atoms with E-state index in [9.17, 15) is 4.79 Å². The van der Waals surface area contributed by atoms with Gasteiger partial charge in [-0.15, -0.1) is 0 Å². The number of hydrogen-bond donors (Lipinski definition) is 1. The second-order valence-corrected chi connectivity index (χ2v) is 5.36. The number of aromatic nitrogens is 2. The van der Waals surface area contributed by atoms with Gasteiger partial charge < -0.3 is 10.2 Å². The number of piperidine rings is 1. The average molecular weight is 276 g/mol. The fourth-order valence-corrected chi connectivity index (χ4v) is 2.64. The molecule has 1 atom stereocenters. The SMILES string of the molecule is CCC(CC)NC(=O)[C@H]1CCCN(c2ncccn2)C1. The van der Waals surface area contributed by atoms with Crippen LogP contribution in [-0.4, -0.2) is 35.0 Å². The Morgan fingerprint density at radius 2 is 2.10 bits per heavy atom. The Balaban J connectivity index is 1.95. The molecule has 110 valence electrons. The van der Waals surface area contributed by atoms with E-state index in [1.807, 2.05) is 6.07 Å². The molecule has 2 rings (SSSR count). The summed E-state index contributed by atoms with van der Waals surface area (Å²) < 4.78 is 0. The molecule has 0 spiro atoms. The monoisotopic (exact) mass is 276 g/mol. The molecule has 1 aliphatic heterocycles. The number of carbonyl (C=O) groups is 1. The van der Waals surface area contributed by atoms with Crippen LogP contribution in [0.2, 0.25) is 0 Å². The van der Waals surface area contributed by atoms with E-state index in [0.29, 0.717) is 6.04 Å². The van der Waals surface area contributed by atoms with Crippen molar-refractivity contribution >= 4 is 11.9 Å². The van der Waals surface area contributed by atoms with Crippen LogP contribution < -0.4 is 10.2 Å². The Morgan fingerprint density at radius 1 is 1.40 bits per heavy atom. The van der Waals surface area contributed by atoms with Crippen molar-refractivity contribution in [2.75, 3.05) is 18.0 Å². The Bertz CT molecular complexity index is 419. The lowest BCUT2D eigenvalue weighted by atomic mass is 9.96. The van der Waals surface area contributed by atoms with Gasteiger partial charge in [-0.1, -0.05) is 13.8 Å². The van der Waals surface area contributed by atoms with Crippen LogP contribution >= 0.6 is 0 Å². The van der Waals surface area contributed by atoms with Gasteiger partial charge in [-0.3, -0.25) is 4.79 Å². The molecule has 1 aromatic heterocycles. The molecule has 1 amide bonds. The normalized spacial score (nSPS) is 19.1. The highest BCUT2D eigenvalue weighted by Gasteiger charge is 2.27. The van der Waals surface area contributed by atoms with Crippen molar-refractivity contribution in [3.05, 3.63) is 18.5 Å².